The molecule has 2 aromatic rings. The minimum atomic E-state index is 0.600. The minimum absolute atomic E-state index is 0.600. The summed E-state index contributed by atoms with van der Waals surface area (Å²) in [4.78, 5) is 19.2. The zero-order chi connectivity index (χ0) is 10.3. The second-order valence-electron chi connectivity index (χ2n) is 3.04. The Morgan fingerprint density at radius 1 is 1.57 bits per heavy atom. The first-order valence-electron chi connectivity index (χ1n) is 4.08. The van der Waals surface area contributed by atoms with E-state index in [0.717, 1.165) is 21.9 Å². The molecule has 4 nitrogen and oxygen atoms in total. The highest BCUT2D eigenvalue weighted by Crippen LogP contribution is 2.25. The molecule has 0 unspecified atom stereocenters. The number of halogens is 1. The Morgan fingerprint density at radius 2 is 2.29 bits per heavy atom. The molecule has 2 aromatic heterocycles. The molecule has 72 valence electrons. The van der Waals surface area contributed by atoms with Gasteiger partial charge in [-0.2, -0.15) is 0 Å². The van der Waals surface area contributed by atoms with E-state index in [9.17, 15) is 4.79 Å². The summed E-state index contributed by atoms with van der Waals surface area (Å²) in [6, 6.07) is 0. The van der Waals surface area contributed by atoms with Crippen molar-refractivity contribution in [3.05, 3.63) is 22.2 Å². The quantitative estimate of drug-likeness (QED) is 0.729. The van der Waals surface area contributed by atoms with E-state index in [2.05, 4.69) is 25.9 Å². The molecule has 0 radical (unpaired) electrons. The van der Waals surface area contributed by atoms with Crippen molar-refractivity contribution >= 4 is 33.2 Å². The van der Waals surface area contributed by atoms with Crippen LogP contribution in [0.4, 0.5) is 0 Å². The third-order valence-electron chi connectivity index (χ3n) is 2.13. The Hall–Kier alpha value is -1.23. The summed E-state index contributed by atoms with van der Waals surface area (Å²) < 4.78 is 2.57. The summed E-state index contributed by atoms with van der Waals surface area (Å²) in [5, 5.41) is 0.778. The van der Waals surface area contributed by atoms with Gasteiger partial charge in [0.25, 0.3) is 0 Å². The van der Waals surface area contributed by atoms with Crippen molar-refractivity contribution in [3.63, 3.8) is 0 Å². The van der Waals surface area contributed by atoms with E-state index in [-0.39, 0.29) is 0 Å². The first-order chi connectivity index (χ1) is 6.65. The highest BCUT2D eigenvalue weighted by Gasteiger charge is 2.13. The van der Waals surface area contributed by atoms with Crippen LogP contribution in [0.3, 0.4) is 0 Å². The third kappa shape index (κ3) is 1.16. The van der Waals surface area contributed by atoms with Crippen LogP contribution in [0.2, 0.25) is 0 Å². The summed E-state index contributed by atoms with van der Waals surface area (Å²) in [6.45, 7) is 1.82. The lowest BCUT2D eigenvalue weighted by Crippen LogP contribution is -1.92. The van der Waals surface area contributed by atoms with Crippen molar-refractivity contribution in [2.24, 2.45) is 7.05 Å². The molecule has 0 aromatic carbocycles. The van der Waals surface area contributed by atoms with Crippen LogP contribution < -0.4 is 0 Å². The fourth-order valence-electron chi connectivity index (χ4n) is 1.40. The number of carbonyl (C=O) groups excluding carboxylic acids is 1. The predicted octanol–water partition coefficient (Wildman–Crippen LogP) is 1.85. The molecule has 0 aliphatic rings. The zero-order valence-electron chi connectivity index (χ0n) is 7.78. The molecule has 0 fully saturated rings. The molecule has 0 amide bonds. The number of carbonyl (C=O) groups is 1. The number of nitrogens with zero attached hydrogens (tertiary/aromatic N) is 3. The molecule has 0 saturated carbocycles. The van der Waals surface area contributed by atoms with Crippen LogP contribution in [0.5, 0.6) is 0 Å². The Morgan fingerprint density at radius 3 is 2.93 bits per heavy atom. The smallest absolute Gasteiger partial charge is 0.153 e. The molecule has 0 aliphatic heterocycles. The fourth-order valence-corrected chi connectivity index (χ4v) is 1.88. The van der Waals surface area contributed by atoms with Crippen molar-refractivity contribution in [1.29, 1.82) is 0 Å². The van der Waals surface area contributed by atoms with E-state index >= 15 is 0 Å². The first-order valence-corrected chi connectivity index (χ1v) is 4.87. The Balaban J connectivity index is 2.95. The monoisotopic (exact) mass is 253 g/mol. The lowest BCUT2D eigenvalue weighted by molar-refractivity contribution is 0.112. The number of aldehydes is 1. The molecule has 0 saturated heterocycles. The molecule has 0 atom stereocenters. The maximum atomic E-state index is 10.8. The molecule has 0 N–H and O–H groups in total. The minimum Gasteiger partial charge on any atom is -0.322 e. The summed E-state index contributed by atoms with van der Waals surface area (Å²) in [6.07, 6.45) is 2.48. The van der Waals surface area contributed by atoms with E-state index < -0.39 is 0 Å². The van der Waals surface area contributed by atoms with E-state index in [1.165, 1.54) is 0 Å². The molecule has 0 bridgehead atoms. The molecule has 0 spiro atoms. The SMILES string of the molecule is Cc1ncc2c(C=O)c(Br)n(C)c2n1. The first kappa shape index (κ1) is 9.33. The summed E-state index contributed by atoms with van der Waals surface area (Å²) >= 11 is 3.34. The van der Waals surface area contributed by atoms with Gasteiger partial charge in [-0.3, -0.25) is 4.79 Å². The second kappa shape index (κ2) is 3.16. The third-order valence-corrected chi connectivity index (χ3v) is 3.09. The Labute approximate surface area is 89.1 Å². The van der Waals surface area contributed by atoms with Gasteiger partial charge in [-0.05, 0) is 22.9 Å². The van der Waals surface area contributed by atoms with Gasteiger partial charge in [-0.1, -0.05) is 0 Å². The zero-order valence-corrected chi connectivity index (χ0v) is 9.37. The number of aryl methyl sites for hydroxylation is 2. The van der Waals surface area contributed by atoms with E-state index in [1.807, 2.05) is 18.5 Å². The Kier molecular flexibility index (Phi) is 2.11. The second-order valence-corrected chi connectivity index (χ2v) is 3.79. The van der Waals surface area contributed by atoms with Gasteiger partial charge in [0.05, 0.1) is 10.2 Å². The van der Waals surface area contributed by atoms with Crippen molar-refractivity contribution in [2.75, 3.05) is 0 Å². The topological polar surface area (TPSA) is 47.8 Å². The van der Waals surface area contributed by atoms with Gasteiger partial charge < -0.3 is 4.57 Å². The maximum Gasteiger partial charge on any atom is 0.153 e. The number of aromatic nitrogens is 3. The maximum absolute atomic E-state index is 10.8. The van der Waals surface area contributed by atoms with Gasteiger partial charge in [0.1, 0.15) is 11.5 Å². The van der Waals surface area contributed by atoms with Gasteiger partial charge in [0.2, 0.25) is 0 Å². The number of hydrogen-bond donors (Lipinski definition) is 0. The molecular weight excluding hydrogens is 246 g/mol. The van der Waals surface area contributed by atoms with E-state index in [0.29, 0.717) is 11.4 Å². The largest absolute Gasteiger partial charge is 0.322 e. The van der Waals surface area contributed by atoms with Crippen LogP contribution in [-0.2, 0) is 7.05 Å². The molecule has 0 aliphatic carbocycles. The average Bonchev–Trinajstić information content (AvgIpc) is 2.41. The average molecular weight is 254 g/mol. The number of rotatable bonds is 1. The highest BCUT2D eigenvalue weighted by atomic mass is 79.9. The van der Waals surface area contributed by atoms with Crippen molar-refractivity contribution in [3.8, 4) is 0 Å². The van der Waals surface area contributed by atoms with Crippen LogP contribution in [-0.4, -0.2) is 20.8 Å². The molecule has 2 rings (SSSR count). The normalized spacial score (nSPS) is 10.8. The van der Waals surface area contributed by atoms with Crippen molar-refractivity contribution in [2.45, 2.75) is 6.92 Å². The molecule has 14 heavy (non-hydrogen) atoms. The van der Waals surface area contributed by atoms with Crippen LogP contribution >= 0.6 is 15.9 Å². The van der Waals surface area contributed by atoms with E-state index in [1.54, 1.807) is 6.20 Å². The molecule has 2 heterocycles. The standard InChI is InChI=1S/C9H8BrN3O/c1-5-11-3-6-7(4-14)8(10)13(2)9(6)12-5/h3-4H,1-2H3. The summed E-state index contributed by atoms with van der Waals surface area (Å²) in [5.41, 5.74) is 1.37. The van der Waals surface area contributed by atoms with Gasteiger partial charge in [0.15, 0.2) is 6.29 Å². The summed E-state index contributed by atoms with van der Waals surface area (Å²) in [7, 11) is 1.85. The van der Waals surface area contributed by atoms with Crippen molar-refractivity contribution < 1.29 is 4.79 Å². The van der Waals surface area contributed by atoms with Gasteiger partial charge in [-0.25, -0.2) is 9.97 Å². The van der Waals surface area contributed by atoms with Crippen LogP contribution in [0, 0.1) is 6.92 Å². The lowest BCUT2D eigenvalue weighted by atomic mass is 10.3. The van der Waals surface area contributed by atoms with Gasteiger partial charge >= 0.3 is 0 Å². The van der Waals surface area contributed by atoms with Crippen molar-refractivity contribution in [1.82, 2.24) is 14.5 Å². The van der Waals surface area contributed by atoms with Gasteiger partial charge in [0, 0.05) is 18.6 Å². The summed E-state index contributed by atoms with van der Waals surface area (Å²) in [5.74, 6) is 0.697. The van der Waals surface area contributed by atoms with E-state index in [4.69, 9.17) is 0 Å². The highest BCUT2D eigenvalue weighted by molar-refractivity contribution is 9.10. The number of fused-ring (bicyclic) bond motifs is 1. The van der Waals surface area contributed by atoms with Crippen LogP contribution in [0.15, 0.2) is 10.8 Å². The fraction of sp³-hybridized carbons (Fsp3) is 0.222. The molecule has 5 heteroatoms. The van der Waals surface area contributed by atoms with Crippen LogP contribution in [0.25, 0.3) is 11.0 Å². The number of hydrogen-bond acceptors (Lipinski definition) is 3. The van der Waals surface area contributed by atoms with Gasteiger partial charge in [-0.15, -0.1) is 0 Å². The van der Waals surface area contributed by atoms with Crippen LogP contribution in [0.1, 0.15) is 16.2 Å². The Bertz CT molecular complexity index is 518. The molecular formula is C9H8BrN3O. The lowest BCUT2D eigenvalue weighted by Gasteiger charge is -1.96. The predicted molar refractivity (Wildman–Crippen MR) is 56.3 cm³/mol.